The molecule has 3 amide bonds. The van der Waals surface area contributed by atoms with Crippen molar-refractivity contribution in [2.45, 2.75) is 50.7 Å². The van der Waals surface area contributed by atoms with Crippen molar-refractivity contribution < 1.29 is 14.4 Å². The summed E-state index contributed by atoms with van der Waals surface area (Å²) >= 11 is 6.26. The summed E-state index contributed by atoms with van der Waals surface area (Å²) in [7, 11) is 0. The van der Waals surface area contributed by atoms with Gasteiger partial charge in [0.15, 0.2) is 0 Å². The maximum atomic E-state index is 13.5. The number of fused-ring (bicyclic) bond motifs is 7. The minimum Gasteiger partial charge on any atom is -0.324 e. The summed E-state index contributed by atoms with van der Waals surface area (Å²) in [6.45, 7) is 6.29. The van der Waals surface area contributed by atoms with E-state index < -0.39 is 22.9 Å². The van der Waals surface area contributed by atoms with Crippen molar-refractivity contribution in [2.75, 3.05) is 11.9 Å². The second-order valence-electron chi connectivity index (χ2n) is 9.00. The highest BCUT2D eigenvalue weighted by Gasteiger charge is 2.75. The molecule has 0 aromatic heterocycles. The largest absolute Gasteiger partial charge is 0.324 e. The third-order valence-corrected chi connectivity index (χ3v) is 6.86. The zero-order chi connectivity index (χ0) is 19.3. The van der Waals surface area contributed by atoms with Crippen LogP contribution in [0, 0.1) is 11.8 Å². The van der Waals surface area contributed by atoms with Crippen LogP contribution in [-0.4, -0.2) is 45.6 Å². The van der Waals surface area contributed by atoms with Crippen LogP contribution in [0.25, 0.3) is 0 Å². The number of nitrogens with zero attached hydrogens (tertiary/aromatic N) is 2. The Morgan fingerprint density at radius 2 is 1.93 bits per heavy atom. The molecule has 1 aromatic rings. The molecular weight excluding hydrogens is 366 g/mol. The SMILES string of the molecule is CC(C)(C)N1C(=O)C2C3CCCN3C3(C(=O)Nc4ccc(Cl)cc43)C2C1=O. The number of hydrogen-bond donors (Lipinski definition) is 1. The Kier molecular flexibility index (Phi) is 3.26. The average molecular weight is 388 g/mol. The lowest BCUT2D eigenvalue weighted by molar-refractivity contribution is -0.150. The fourth-order valence-corrected chi connectivity index (χ4v) is 6.01. The van der Waals surface area contributed by atoms with E-state index in [0.717, 1.165) is 18.4 Å². The predicted octanol–water partition coefficient (Wildman–Crippen LogP) is 2.37. The molecule has 0 saturated carbocycles. The predicted molar refractivity (Wildman–Crippen MR) is 100 cm³/mol. The average Bonchev–Trinajstić information content (AvgIpc) is 3.25. The Balaban J connectivity index is 1.77. The molecule has 4 aliphatic heterocycles. The Labute approximate surface area is 162 Å². The highest BCUT2D eigenvalue weighted by atomic mass is 35.5. The summed E-state index contributed by atoms with van der Waals surface area (Å²) in [5, 5.41) is 3.47. The number of nitrogens with one attached hydrogen (secondary N) is 1. The Morgan fingerprint density at radius 3 is 2.63 bits per heavy atom. The van der Waals surface area contributed by atoms with Crippen LogP contribution in [0.1, 0.15) is 39.2 Å². The minimum atomic E-state index is -1.14. The maximum Gasteiger partial charge on any atom is 0.250 e. The Bertz CT molecular complexity index is 908. The molecule has 142 valence electrons. The van der Waals surface area contributed by atoms with Crippen molar-refractivity contribution in [3.63, 3.8) is 0 Å². The van der Waals surface area contributed by atoms with Gasteiger partial charge in [0.1, 0.15) is 5.54 Å². The standard InChI is InChI=1S/C20H22ClN3O3/c1-19(2,3)24-16(25)14-13-5-4-8-23(13)20(15(14)17(24)26)11-9-10(21)6-7-12(11)22-18(20)27/h6-7,9,13-15H,4-5,8H2,1-3H3,(H,22,27). The first-order valence-corrected chi connectivity index (χ1v) is 9.83. The van der Waals surface area contributed by atoms with E-state index in [1.54, 1.807) is 18.2 Å². The molecule has 1 N–H and O–H groups in total. The molecule has 0 radical (unpaired) electrons. The number of anilines is 1. The van der Waals surface area contributed by atoms with Crippen LogP contribution in [0.15, 0.2) is 18.2 Å². The van der Waals surface area contributed by atoms with Crippen LogP contribution in [0.3, 0.4) is 0 Å². The summed E-state index contributed by atoms with van der Waals surface area (Å²) in [4.78, 5) is 43.7. The van der Waals surface area contributed by atoms with Gasteiger partial charge in [-0.1, -0.05) is 11.6 Å². The number of amides is 3. The summed E-state index contributed by atoms with van der Waals surface area (Å²) in [6, 6.07) is 5.21. The van der Waals surface area contributed by atoms with Gasteiger partial charge in [-0.25, -0.2) is 0 Å². The summed E-state index contributed by atoms with van der Waals surface area (Å²) in [6.07, 6.45) is 1.74. The van der Waals surface area contributed by atoms with Crippen molar-refractivity contribution in [1.82, 2.24) is 9.80 Å². The van der Waals surface area contributed by atoms with Crippen LogP contribution in [0.4, 0.5) is 5.69 Å². The number of carbonyl (C=O) groups excluding carboxylic acids is 3. The number of benzene rings is 1. The highest BCUT2D eigenvalue weighted by molar-refractivity contribution is 6.31. The van der Waals surface area contributed by atoms with Gasteiger partial charge >= 0.3 is 0 Å². The molecule has 3 saturated heterocycles. The van der Waals surface area contributed by atoms with E-state index in [1.807, 2.05) is 20.8 Å². The second-order valence-corrected chi connectivity index (χ2v) is 9.44. The molecule has 1 aromatic carbocycles. The number of likely N-dealkylation sites (tertiary alicyclic amines) is 1. The zero-order valence-electron chi connectivity index (χ0n) is 15.6. The van der Waals surface area contributed by atoms with Crippen molar-refractivity contribution in [3.8, 4) is 0 Å². The molecule has 4 unspecified atom stereocenters. The summed E-state index contributed by atoms with van der Waals surface area (Å²) in [5.74, 6) is -1.77. The maximum absolute atomic E-state index is 13.5. The number of carbonyl (C=O) groups is 3. The topological polar surface area (TPSA) is 69.7 Å². The Hall–Kier alpha value is -1.92. The van der Waals surface area contributed by atoms with Gasteiger partial charge in [0.2, 0.25) is 17.7 Å². The van der Waals surface area contributed by atoms with E-state index in [-0.39, 0.29) is 23.8 Å². The number of hydrogen-bond acceptors (Lipinski definition) is 4. The lowest BCUT2D eigenvalue weighted by atomic mass is 9.75. The first-order chi connectivity index (χ1) is 12.7. The highest BCUT2D eigenvalue weighted by Crippen LogP contribution is 2.61. The molecule has 0 aliphatic carbocycles. The van der Waals surface area contributed by atoms with Gasteiger partial charge < -0.3 is 5.32 Å². The van der Waals surface area contributed by atoms with Gasteiger partial charge in [0.05, 0.1) is 11.8 Å². The van der Waals surface area contributed by atoms with E-state index >= 15 is 0 Å². The van der Waals surface area contributed by atoms with Gasteiger partial charge in [-0.3, -0.25) is 24.2 Å². The van der Waals surface area contributed by atoms with Gasteiger partial charge in [0, 0.05) is 27.9 Å². The third-order valence-electron chi connectivity index (χ3n) is 6.63. The monoisotopic (exact) mass is 387 g/mol. The third kappa shape index (κ3) is 1.88. The van der Waals surface area contributed by atoms with Gasteiger partial charge in [-0.2, -0.15) is 0 Å². The molecule has 4 heterocycles. The smallest absolute Gasteiger partial charge is 0.250 e. The van der Waals surface area contributed by atoms with E-state index in [1.165, 1.54) is 4.90 Å². The molecule has 0 bridgehead atoms. The van der Waals surface area contributed by atoms with Crippen LogP contribution in [0.2, 0.25) is 5.02 Å². The summed E-state index contributed by atoms with van der Waals surface area (Å²) in [5.41, 5.74) is -0.338. The first kappa shape index (κ1) is 17.2. The number of imide groups is 1. The lowest BCUT2D eigenvalue weighted by Crippen LogP contribution is -2.56. The molecule has 6 nitrogen and oxygen atoms in total. The second kappa shape index (κ2) is 5.11. The quantitative estimate of drug-likeness (QED) is 0.694. The molecule has 7 heteroatoms. The summed E-state index contributed by atoms with van der Waals surface area (Å²) < 4.78 is 0. The van der Waals surface area contributed by atoms with Crippen molar-refractivity contribution in [3.05, 3.63) is 28.8 Å². The fraction of sp³-hybridized carbons (Fsp3) is 0.550. The normalized spacial score (nSPS) is 35.0. The first-order valence-electron chi connectivity index (χ1n) is 9.45. The van der Waals surface area contributed by atoms with Gasteiger partial charge in [0.25, 0.3) is 0 Å². The van der Waals surface area contributed by atoms with Gasteiger partial charge in [-0.15, -0.1) is 0 Å². The lowest BCUT2D eigenvalue weighted by Gasteiger charge is -2.38. The van der Waals surface area contributed by atoms with Crippen molar-refractivity contribution in [1.29, 1.82) is 0 Å². The van der Waals surface area contributed by atoms with Crippen molar-refractivity contribution >= 4 is 35.0 Å². The molecular formula is C20H22ClN3O3. The zero-order valence-corrected chi connectivity index (χ0v) is 16.3. The minimum absolute atomic E-state index is 0.0884. The molecule has 1 spiro atoms. The van der Waals surface area contributed by atoms with E-state index in [4.69, 9.17) is 11.6 Å². The van der Waals surface area contributed by atoms with E-state index in [2.05, 4.69) is 10.2 Å². The van der Waals surface area contributed by atoms with E-state index in [0.29, 0.717) is 17.3 Å². The molecule has 4 atom stereocenters. The fourth-order valence-electron chi connectivity index (χ4n) is 5.84. The van der Waals surface area contributed by atoms with E-state index in [9.17, 15) is 14.4 Å². The van der Waals surface area contributed by atoms with Crippen LogP contribution in [-0.2, 0) is 19.9 Å². The number of halogens is 1. The Morgan fingerprint density at radius 1 is 1.19 bits per heavy atom. The molecule has 3 fully saturated rings. The number of rotatable bonds is 0. The van der Waals surface area contributed by atoms with Crippen molar-refractivity contribution in [2.24, 2.45) is 11.8 Å². The van der Waals surface area contributed by atoms with Crippen LogP contribution >= 0.6 is 11.6 Å². The molecule has 27 heavy (non-hydrogen) atoms. The molecule has 4 aliphatic rings. The van der Waals surface area contributed by atoms with Gasteiger partial charge in [-0.05, 0) is 58.4 Å². The van der Waals surface area contributed by atoms with Crippen LogP contribution in [0.5, 0.6) is 0 Å². The van der Waals surface area contributed by atoms with Crippen LogP contribution < -0.4 is 5.32 Å². The molecule has 5 rings (SSSR count).